The molecule has 5 nitrogen and oxygen atoms in total. The minimum absolute atomic E-state index is 0.0834. The van der Waals surface area contributed by atoms with Crippen LogP contribution in [0.3, 0.4) is 0 Å². The molecule has 1 aliphatic carbocycles. The minimum atomic E-state index is 0.0834. The number of hydrogen-bond acceptors (Lipinski definition) is 5. The Balaban J connectivity index is 1.45. The number of H-pyrrole nitrogens is 1. The van der Waals surface area contributed by atoms with Crippen LogP contribution in [0.15, 0.2) is 40.0 Å². The largest absolute Gasteiger partial charge is 0.338 e. The van der Waals surface area contributed by atoms with E-state index in [9.17, 15) is 0 Å². The van der Waals surface area contributed by atoms with Crippen LogP contribution in [-0.2, 0) is 6.42 Å². The van der Waals surface area contributed by atoms with Crippen LogP contribution in [-0.4, -0.2) is 20.1 Å². The van der Waals surface area contributed by atoms with Crippen molar-refractivity contribution < 1.29 is 4.52 Å². The van der Waals surface area contributed by atoms with Gasteiger partial charge in [0.25, 0.3) is 0 Å². The van der Waals surface area contributed by atoms with Gasteiger partial charge in [-0.3, -0.25) is 0 Å². The van der Waals surface area contributed by atoms with Gasteiger partial charge in [0.1, 0.15) is 0 Å². The molecule has 0 bridgehead atoms. The van der Waals surface area contributed by atoms with E-state index in [1.54, 1.807) is 11.8 Å². The van der Waals surface area contributed by atoms with Gasteiger partial charge >= 0.3 is 0 Å². The van der Waals surface area contributed by atoms with Crippen molar-refractivity contribution in [2.24, 2.45) is 0 Å². The van der Waals surface area contributed by atoms with Gasteiger partial charge in [0.05, 0.1) is 10.9 Å². The van der Waals surface area contributed by atoms with E-state index in [2.05, 4.69) is 53.2 Å². The van der Waals surface area contributed by atoms with Gasteiger partial charge in [-0.05, 0) is 32.3 Å². The van der Waals surface area contributed by atoms with Crippen LogP contribution in [0.5, 0.6) is 0 Å². The quantitative estimate of drug-likeness (QED) is 0.673. The lowest BCUT2D eigenvalue weighted by atomic mass is 10.1. The van der Waals surface area contributed by atoms with E-state index in [1.165, 1.54) is 18.4 Å². The number of aryl methyl sites for hydroxylation is 1. The fraction of sp³-hybridized carbons (Fsp3) is 0.389. The first-order valence-corrected chi connectivity index (χ1v) is 9.16. The number of aromatic amines is 1. The van der Waals surface area contributed by atoms with Crippen LogP contribution in [0.1, 0.15) is 59.6 Å². The van der Waals surface area contributed by atoms with Gasteiger partial charge in [0.2, 0.25) is 5.89 Å². The molecule has 2 heterocycles. The monoisotopic (exact) mass is 340 g/mol. The molecule has 1 atom stereocenters. The fourth-order valence-electron chi connectivity index (χ4n) is 2.62. The standard InChI is InChI=1S/C18H20N4OS/c1-11-15(10-13-6-4-3-5-7-13)20-18(19-11)24-12(2)17-21-16(22-23-17)14-8-9-14/h3-7,12,14H,8-10H2,1-2H3,(H,19,20)/t12-/m1/s1. The van der Waals surface area contributed by atoms with Crippen molar-refractivity contribution >= 4 is 11.8 Å². The molecule has 0 radical (unpaired) electrons. The lowest BCUT2D eigenvalue weighted by Gasteiger charge is -2.02. The number of nitrogens with one attached hydrogen (secondary N) is 1. The van der Waals surface area contributed by atoms with Crippen molar-refractivity contribution in [3.05, 3.63) is 59.0 Å². The maximum atomic E-state index is 5.41. The molecule has 1 fully saturated rings. The van der Waals surface area contributed by atoms with Crippen LogP contribution in [0.2, 0.25) is 0 Å². The highest BCUT2D eigenvalue weighted by atomic mass is 32.2. The van der Waals surface area contributed by atoms with Gasteiger partial charge in [-0.1, -0.05) is 47.3 Å². The highest BCUT2D eigenvalue weighted by molar-refractivity contribution is 7.99. The maximum Gasteiger partial charge on any atom is 0.239 e. The third kappa shape index (κ3) is 3.38. The van der Waals surface area contributed by atoms with Crippen molar-refractivity contribution in [2.75, 3.05) is 0 Å². The molecule has 4 rings (SSSR count). The summed E-state index contributed by atoms with van der Waals surface area (Å²) in [5.74, 6) is 2.06. The molecule has 0 unspecified atom stereocenters. The predicted molar refractivity (Wildman–Crippen MR) is 93.1 cm³/mol. The van der Waals surface area contributed by atoms with Gasteiger partial charge in [-0.2, -0.15) is 4.98 Å². The highest BCUT2D eigenvalue weighted by Crippen LogP contribution is 2.40. The van der Waals surface area contributed by atoms with Crippen LogP contribution in [0.25, 0.3) is 0 Å². The molecule has 0 spiro atoms. The van der Waals surface area contributed by atoms with Gasteiger partial charge in [-0.15, -0.1) is 0 Å². The Morgan fingerprint density at radius 1 is 1.25 bits per heavy atom. The number of benzene rings is 1. The zero-order valence-electron chi connectivity index (χ0n) is 13.8. The summed E-state index contributed by atoms with van der Waals surface area (Å²) < 4.78 is 5.41. The van der Waals surface area contributed by atoms with Crippen LogP contribution in [0.4, 0.5) is 0 Å². The summed E-state index contributed by atoms with van der Waals surface area (Å²) in [7, 11) is 0. The van der Waals surface area contributed by atoms with E-state index in [0.717, 1.165) is 28.8 Å². The summed E-state index contributed by atoms with van der Waals surface area (Å²) in [4.78, 5) is 12.6. The van der Waals surface area contributed by atoms with Gasteiger partial charge in [0, 0.05) is 18.0 Å². The van der Waals surface area contributed by atoms with Crippen LogP contribution in [0, 0.1) is 6.92 Å². The lowest BCUT2D eigenvalue weighted by Crippen LogP contribution is -1.92. The van der Waals surface area contributed by atoms with Crippen molar-refractivity contribution in [3.8, 4) is 0 Å². The summed E-state index contributed by atoms with van der Waals surface area (Å²) in [5.41, 5.74) is 3.46. The lowest BCUT2D eigenvalue weighted by molar-refractivity contribution is 0.375. The van der Waals surface area contributed by atoms with E-state index >= 15 is 0 Å². The Morgan fingerprint density at radius 3 is 2.79 bits per heavy atom. The topological polar surface area (TPSA) is 67.6 Å². The maximum absolute atomic E-state index is 5.41. The average Bonchev–Trinajstić information content (AvgIpc) is 3.21. The van der Waals surface area contributed by atoms with Crippen molar-refractivity contribution in [1.82, 2.24) is 20.1 Å². The molecule has 2 aromatic heterocycles. The molecule has 124 valence electrons. The summed E-state index contributed by atoms with van der Waals surface area (Å²) in [6.07, 6.45) is 3.20. The second kappa shape index (κ2) is 6.43. The van der Waals surface area contributed by atoms with Crippen molar-refractivity contribution in [3.63, 3.8) is 0 Å². The smallest absolute Gasteiger partial charge is 0.239 e. The Kier molecular flexibility index (Phi) is 4.14. The van der Waals surface area contributed by atoms with Gasteiger partial charge < -0.3 is 9.51 Å². The summed E-state index contributed by atoms with van der Waals surface area (Å²) in [5, 5.41) is 5.07. The molecular weight excluding hydrogens is 320 g/mol. The third-order valence-electron chi connectivity index (χ3n) is 4.21. The third-order valence-corrected chi connectivity index (χ3v) is 5.19. The molecule has 1 aliphatic rings. The molecule has 1 saturated carbocycles. The predicted octanol–water partition coefficient (Wildman–Crippen LogP) is 4.42. The van der Waals surface area contributed by atoms with Crippen molar-refractivity contribution in [2.45, 2.75) is 49.4 Å². The minimum Gasteiger partial charge on any atom is -0.338 e. The van der Waals surface area contributed by atoms with Crippen LogP contribution < -0.4 is 0 Å². The molecule has 0 saturated heterocycles. The van der Waals surface area contributed by atoms with Crippen molar-refractivity contribution in [1.29, 1.82) is 0 Å². The Morgan fingerprint density at radius 2 is 2.04 bits per heavy atom. The fourth-order valence-corrected chi connectivity index (χ4v) is 3.53. The molecule has 24 heavy (non-hydrogen) atoms. The Bertz CT molecular complexity index is 823. The zero-order chi connectivity index (χ0) is 16.5. The second-order valence-corrected chi connectivity index (χ2v) is 7.63. The molecule has 1 N–H and O–H groups in total. The normalized spacial score (nSPS) is 15.6. The number of aromatic nitrogens is 4. The molecular formula is C18H20N4OS. The van der Waals surface area contributed by atoms with Gasteiger partial charge in [-0.25, -0.2) is 4.98 Å². The van der Waals surface area contributed by atoms with E-state index in [0.29, 0.717) is 11.8 Å². The van der Waals surface area contributed by atoms with Crippen LogP contribution >= 0.6 is 11.8 Å². The average molecular weight is 340 g/mol. The van der Waals surface area contributed by atoms with E-state index < -0.39 is 0 Å². The molecule has 6 heteroatoms. The number of thioether (sulfide) groups is 1. The van der Waals surface area contributed by atoms with E-state index in [4.69, 9.17) is 9.51 Å². The van der Waals surface area contributed by atoms with Gasteiger partial charge in [0.15, 0.2) is 11.0 Å². The summed E-state index contributed by atoms with van der Waals surface area (Å²) in [6.45, 7) is 4.14. The van der Waals surface area contributed by atoms with E-state index in [-0.39, 0.29) is 5.25 Å². The second-order valence-electron chi connectivity index (χ2n) is 6.30. The molecule has 0 amide bonds. The molecule has 1 aromatic carbocycles. The summed E-state index contributed by atoms with van der Waals surface area (Å²) in [6, 6.07) is 10.4. The number of nitrogens with zero attached hydrogens (tertiary/aromatic N) is 3. The first-order chi connectivity index (χ1) is 11.7. The van der Waals surface area contributed by atoms with E-state index in [1.807, 2.05) is 6.07 Å². The number of rotatable bonds is 6. The number of hydrogen-bond donors (Lipinski definition) is 1. The molecule has 0 aliphatic heterocycles. The SMILES string of the molecule is Cc1[nH]c(S[C@H](C)c2nc(C3CC3)no2)nc1Cc1ccccc1. The Labute approximate surface area is 145 Å². The highest BCUT2D eigenvalue weighted by Gasteiger charge is 2.30. The number of imidazole rings is 1. The first-order valence-electron chi connectivity index (χ1n) is 8.28. The summed E-state index contributed by atoms with van der Waals surface area (Å²) >= 11 is 1.62. The molecule has 3 aromatic rings. The Hall–Kier alpha value is -2.08. The first kappa shape index (κ1) is 15.4. The zero-order valence-corrected chi connectivity index (χ0v) is 14.6.